The Morgan fingerprint density at radius 1 is 0.618 bits per heavy atom. The van der Waals surface area contributed by atoms with Gasteiger partial charge in [0.25, 0.3) is 0 Å². The second-order valence-corrected chi connectivity index (χ2v) is 13.0. The molecule has 0 saturated heterocycles. The van der Waals surface area contributed by atoms with Gasteiger partial charge in [0.2, 0.25) is 0 Å². The quantitative estimate of drug-likeness (QED) is 0.154. The van der Waals surface area contributed by atoms with E-state index in [2.05, 4.69) is 127 Å². The smallest absolute Gasteiger partial charge is 0.0771 e. The Balaban J connectivity index is 0.000000191. The fourth-order valence-electron chi connectivity index (χ4n) is 3.62. The fourth-order valence-corrected chi connectivity index (χ4v) is 7.46. The predicted octanol–water partition coefficient (Wildman–Crippen LogP) is 7.20. The average Bonchev–Trinajstić information content (AvgIpc) is 3.57. The van der Waals surface area contributed by atoms with E-state index in [1.165, 1.54) is 31.9 Å². The number of benzene rings is 4. The summed E-state index contributed by atoms with van der Waals surface area (Å²) in [6, 6.07) is 41.0. The Hall–Kier alpha value is -2.09. The van der Waals surface area contributed by atoms with E-state index in [-0.39, 0.29) is 24.8 Å². The van der Waals surface area contributed by atoms with Crippen molar-refractivity contribution in [1.29, 1.82) is 0 Å². The van der Waals surface area contributed by atoms with Gasteiger partial charge in [0.05, 0.1) is 0 Å². The van der Waals surface area contributed by atoms with Crippen LogP contribution in [0.2, 0.25) is 0 Å². The number of fused-ring (bicyclic) bond motifs is 3. The van der Waals surface area contributed by atoms with Crippen LogP contribution in [0, 0.1) is 6.08 Å². The van der Waals surface area contributed by atoms with Crippen LogP contribution in [-0.4, -0.2) is 5.43 Å². The number of rotatable bonds is 2. The van der Waals surface area contributed by atoms with Crippen LogP contribution in [-0.2, 0) is 23.3 Å². The van der Waals surface area contributed by atoms with Crippen molar-refractivity contribution in [2.75, 3.05) is 0 Å². The standard InChI is InChI=1S/C13H9.C12H10Si.C5H5.2ClH.Zr/c1-3-7-12-10(5-1)9-11-6-2-4-8-13(11)12;1-3-7-11(8-4-1)13-12-9-5-2-6-10-12;1-2-4-5-3-1;;;/h1-9H;1-10H;1-3H,4H2;2*1H;/q-1;;-1;;;+2. The summed E-state index contributed by atoms with van der Waals surface area (Å²) in [5.74, 6) is 0. The van der Waals surface area contributed by atoms with Gasteiger partial charge in [0.1, 0.15) is 0 Å². The van der Waals surface area contributed by atoms with E-state index in [1.807, 2.05) is 12.2 Å². The monoisotopic (exact) mass is 574 g/mol. The van der Waals surface area contributed by atoms with Crippen LogP contribution in [0.1, 0.15) is 6.42 Å². The first-order valence-electron chi connectivity index (χ1n) is 10.8. The summed E-state index contributed by atoms with van der Waals surface area (Å²) < 4.78 is 0. The summed E-state index contributed by atoms with van der Waals surface area (Å²) >= 11 is 1.64. The summed E-state index contributed by atoms with van der Waals surface area (Å²) in [5.41, 5.74) is -0.455. The minimum atomic E-state index is -0.455. The molecule has 0 fully saturated rings. The van der Waals surface area contributed by atoms with Crippen molar-refractivity contribution in [1.82, 2.24) is 0 Å². The molecule has 168 valence electrons. The minimum absolute atomic E-state index is 0. The van der Waals surface area contributed by atoms with Crippen molar-refractivity contribution in [3.63, 3.8) is 0 Å². The van der Waals surface area contributed by atoms with E-state index in [1.54, 1.807) is 23.3 Å². The SMILES string of the molecule is Cl.Cl.[C-]1=CC=CC1.[Zr+2]=[Si](c1ccccc1)c1ccccc1.c1ccc2c(c1)[cH-]c1ccccc12. The van der Waals surface area contributed by atoms with Gasteiger partial charge >= 0.3 is 99.8 Å². The molecular weight excluding hydrogens is 551 g/mol. The molecule has 0 radical (unpaired) electrons. The van der Waals surface area contributed by atoms with Crippen molar-refractivity contribution in [3.05, 3.63) is 140 Å². The maximum absolute atomic E-state index is 2.99. The molecule has 0 N–H and O–H groups in total. The maximum atomic E-state index is 2.99. The summed E-state index contributed by atoms with van der Waals surface area (Å²) in [5, 5.41) is 8.42. The van der Waals surface area contributed by atoms with Crippen LogP contribution < -0.4 is 10.4 Å². The molecule has 0 saturated carbocycles. The maximum Gasteiger partial charge on any atom is -0.0771 e. The van der Waals surface area contributed by atoms with E-state index in [0.29, 0.717) is 0 Å². The third kappa shape index (κ3) is 7.72. The predicted molar refractivity (Wildman–Crippen MR) is 151 cm³/mol. The van der Waals surface area contributed by atoms with Gasteiger partial charge < -0.3 is 0 Å². The van der Waals surface area contributed by atoms with Crippen LogP contribution in [0.5, 0.6) is 0 Å². The molecule has 0 unspecified atom stereocenters. The van der Waals surface area contributed by atoms with Crippen molar-refractivity contribution < 1.29 is 23.3 Å². The molecular formula is C30H26Cl2SiZr. The Morgan fingerprint density at radius 2 is 1.06 bits per heavy atom. The normalized spacial score (nSPS) is 10.9. The molecule has 1 aliphatic carbocycles. The molecule has 0 spiro atoms. The molecule has 5 aromatic rings. The van der Waals surface area contributed by atoms with Gasteiger partial charge in [-0.15, -0.1) is 71.0 Å². The summed E-state index contributed by atoms with van der Waals surface area (Å²) in [7, 11) is 0. The van der Waals surface area contributed by atoms with Crippen molar-refractivity contribution in [3.8, 4) is 0 Å². The molecule has 4 heteroatoms. The van der Waals surface area contributed by atoms with Gasteiger partial charge in [-0.25, -0.2) is 12.2 Å². The van der Waals surface area contributed by atoms with Crippen LogP contribution in [0.15, 0.2) is 133 Å². The first-order chi connectivity index (χ1) is 15.8. The van der Waals surface area contributed by atoms with Gasteiger partial charge in [-0.05, 0) is 0 Å². The van der Waals surface area contributed by atoms with E-state index in [0.717, 1.165) is 6.42 Å². The molecule has 0 amide bonds. The third-order valence-electron chi connectivity index (χ3n) is 5.23. The van der Waals surface area contributed by atoms with Gasteiger partial charge in [0.15, 0.2) is 0 Å². The average molecular weight is 577 g/mol. The van der Waals surface area contributed by atoms with E-state index >= 15 is 0 Å². The van der Waals surface area contributed by atoms with Gasteiger partial charge in [0, 0.05) is 0 Å². The molecule has 0 nitrogen and oxygen atoms in total. The van der Waals surface area contributed by atoms with Gasteiger partial charge in [-0.2, -0.15) is 6.08 Å². The Labute approximate surface area is 230 Å². The minimum Gasteiger partial charge on any atom is -0.126 e. The molecule has 5 aromatic carbocycles. The first kappa shape index (κ1) is 28.1. The van der Waals surface area contributed by atoms with Crippen LogP contribution in [0.25, 0.3) is 21.5 Å². The van der Waals surface area contributed by atoms with Crippen LogP contribution in [0.4, 0.5) is 0 Å². The second-order valence-electron chi connectivity index (χ2n) is 7.43. The van der Waals surface area contributed by atoms with Crippen molar-refractivity contribution in [2.24, 2.45) is 0 Å². The third-order valence-corrected chi connectivity index (χ3v) is 11.3. The molecule has 6 rings (SSSR count). The summed E-state index contributed by atoms with van der Waals surface area (Å²) in [6.45, 7) is 0. The topological polar surface area (TPSA) is 0 Å². The first-order valence-corrected chi connectivity index (χ1v) is 16.0. The number of halogens is 2. The van der Waals surface area contributed by atoms with Crippen LogP contribution in [0.3, 0.4) is 0 Å². The molecule has 0 atom stereocenters. The van der Waals surface area contributed by atoms with Gasteiger partial charge in [-0.1, -0.05) is 36.4 Å². The Bertz CT molecular complexity index is 1250. The van der Waals surface area contributed by atoms with Gasteiger partial charge in [-0.3, -0.25) is 6.08 Å². The number of hydrogen-bond acceptors (Lipinski definition) is 0. The van der Waals surface area contributed by atoms with E-state index in [9.17, 15) is 0 Å². The van der Waals surface area contributed by atoms with Crippen molar-refractivity contribution in [2.45, 2.75) is 6.42 Å². The molecule has 1 aliphatic rings. The zero-order valence-corrected chi connectivity index (χ0v) is 23.8. The number of hydrogen-bond donors (Lipinski definition) is 0. The molecule has 34 heavy (non-hydrogen) atoms. The van der Waals surface area contributed by atoms with Crippen molar-refractivity contribution >= 4 is 62.2 Å². The Morgan fingerprint density at radius 3 is 1.44 bits per heavy atom. The molecule has 0 heterocycles. The second kappa shape index (κ2) is 15.0. The molecule has 0 bridgehead atoms. The summed E-state index contributed by atoms with van der Waals surface area (Å²) in [6.07, 6.45) is 10.0. The summed E-state index contributed by atoms with van der Waals surface area (Å²) in [4.78, 5) is 0. The van der Waals surface area contributed by atoms with E-state index in [4.69, 9.17) is 0 Å². The molecule has 0 aromatic heterocycles. The number of allylic oxidation sites excluding steroid dienone is 4. The fraction of sp³-hybridized carbons (Fsp3) is 0.0333. The zero-order chi connectivity index (χ0) is 22.0. The zero-order valence-electron chi connectivity index (χ0n) is 18.7. The Kier molecular flexibility index (Phi) is 12.4. The van der Waals surface area contributed by atoms with Crippen LogP contribution >= 0.6 is 24.8 Å². The molecule has 0 aliphatic heterocycles. The largest absolute Gasteiger partial charge is 0.126 e. The van der Waals surface area contributed by atoms with E-state index < -0.39 is 5.43 Å².